The number of hydrogen-bond donors (Lipinski definition) is 1. The zero-order chi connectivity index (χ0) is 13.2. The lowest BCUT2D eigenvalue weighted by Gasteiger charge is -2.30. The van der Waals surface area contributed by atoms with Gasteiger partial charge in [-0.05, 0) is 19.8 Å². The summed E-state index contributed by atoms with van der Waals surface area (Å²) in [5.74, 6) is -0.234. The highest BCUT2D eigenvalue weighted by molar-refractivity contribution is 6.03. The third-order valence-electron chi connectivity index (χ3n) is 3.66. The molecule has 0 heterocycles. The Morgan fingerprint density at radius 3 is 2.00 bits per heavy atom. The molecule has 1 saturated carbocycles. The molecule has 0 unspecified atom stereocenters. The summed E-state index contributed by atoms with van der Waals surface area (Å²) < 4.78 is 0. The largest absolute Gasteiger partial charge is 0.382 e. The van der Waals surface area contributed by atoms with Crippen LogP contribution in [-0.4, -0.2) is 22.3 Å². The summed E-state index contributed by atoms with van der Waals surface area (Å²) in [6.45, 7) is 1.49. The van der Waals surface area contributed by atoms with Crippen LogP contribution in [0.1, 0.15) is 59.7 Å². The van der Waals surface area contributed by atoms with Crippen LogP contribution < -0.4 is 0 Å². The van der Waals surface area contributed by atoms with Gasteiger partial charge in [-0.25, -0.2) is 0 Å². The normalized spacial score (nSPS) is 18.3. The van der Waals surface area contributed by atoms with Crippen LogP contribution in [0.25, 0.3) is 0 Å². The molecule has 1 fully saturated rings. The molecule has 1 aromatic carbocycles. The number of ketones is 2. The Morgan fingerprint density at radius 1 is 1.00 bits per heavy atom. The molecule has 1 aliphatic rings. The molecule has 1 aliphatic carbocycles. The van der Waals surface area contributed by atoms with Gasteiger partial charge in [0, 0.05) is 11.1 Å². The Kier molecular flexibility index (Phi) is 3.62. The number of carbonyl (C=O) groups is 2. The van der Waals surface area contributed by atoms with Crippen LogP contribution in [0, 0.1) is 0 Å². The van der Waals surface area contributed by atoms with E-state index < -0.39 is 5.60 Å². The SMILES string of the molecule is CC(=O)c1ccc(C(=O)C2(O)CCCCC2)cc1. The van der Waals surface area contributed by atoms with E-state index in [4.69, 9.17) is 0 Å². The molecule has 1 N–H and O–H groups in total. The van der Waals surface area contributed by atoms with Crippen LogP contribution in [0.4, 0.5) is 0 Å². The second kappa shape index (κ2) is 5.02. The molecule has 3 heteroatoms. The average Bonchev–Trinajstić information content (AvgIpc) is 2.39. The van der Waals surface area contributed by atoms with Crippen LogP contribution in [0.2, 0.25) is 0 Å². The highest BCUT2D eigenvalue weighted by atomic mass is 16.3. The van der Waals surface area contributed by atoms with Gasteiger partial charge in [0.25, 0.3) is 0 Å². The van der Waals surface area contributed by atoms with Gasteiger partial charge in [-0.1, -0.05) is 43.5 Å². The second-order valence-electron chi connectivity index (χ2n) is 5.05. The Morgan fingerprint density at radius 2 is 1.50 bits per heavy atom. The topological polar surface area (TPSA) is 54.4 Å². The quantitative estimate of drug-likeness (QED) is 0.834. The third kappa shape index (κ3) is 2.51. The molecule has 0 radical (unpaired) electrons. The lowest BCUT2D eigenvalue weighted by molar-refractivity contribution is 0.0116. The van der Waals surface area contributed by atoms with Crippen molar-refractivity contribution in [3.05, 3.63) is 35.4 Å². The molecule has 0 aliphatic heterocycles. The van der Waals surface area contributed by atoms with Gasteiger partial charge in [0.2, 0.25) is 0 Å². The number of rotatable bonds is 3. The van der Waals surface area contributed by atoms with Crippen LogP contribution in [0.3, 0.4) is 0 Å². The van der Waals surface area contributed by atoms with Gasteiger partial charge in [0.05, 0.1) is 0 Å². The van der Waals surface area contributed by atoms with Crippen molar-refractivity contribution in [1.82, 2.24) is 0 Å². The maximum Gasteiger partial charge on any atom is 0.194 e. The zero-order valence-corrected chi connectivity index (χ0v) is 10.6. The fourth-order valence-corrected chi connectivity index (χ4v) is 2.49. The number of carbonyl (C=O) groups excluding carboxylic acids is 2. The minimum absolute atomic E-state index is 0.0228. The minimum atomic E-state index is -1.20. The Labute approximate surface area is 107 Å². The second-order valence-corrected chi connectivity index (χ2v) is 5.05. The van der Waals surface area contributed by atoms with E-state index in [9.17, 15) is 14.7 Å². The van der Waals surface area contributed by atoms with E-state index in [2.05, 4.69) is 0 Å². The number of Topliss-reactive ketones (excluding diaryl/α,β-unsaturated/α-hetero) is 2. The summed E-state index contributed by atoms with van der Waals surface area (Å²) in [6.07, 6.45) is 3.96. The van der Waals surface area contributed by atoms with E-state index in [0.717, 1.165) is 19.3 Å². The maximum atomic E-state index is 12.3. The third-order valence-corrected chi connectivity index (χ3v) is 3.66. The van der Waals surface area contributed by atoms with Gasteiger partial charge in [0.1, 0.15) is 5.60 Å². The van der Waals surface area contributed by atoms with Gasteiger partial charge in [0.15, 0.2) is 11.6 Å². The fraction of sp³-hybridized carbons (Fsp3) is 0.467. The fourth-order valence-electron chi connectivity index (χ4n) is 2.49. The minimum Gasteiger partial charge on any atom is -0.382 e. The molecule has 0 aromatic heterocycles. The highest BCUT2D eigenvalue weighted by Crippen LogP contribution is 2.31. The first-order valence-electron chi connectivity index (χ1n) is 6.41. The first-order valence-corrected chi connectivity index (χ1v) is 6.41. The highest BCUT2D eigenvalue weighted by Gasteiger charge is 2.37. The molecule has 2 rings (SSSR count). The molecule has 3 nitrogen and oxygen atoms in total. The smallest absolute Gasteiger partial charge is 0.194 e. The molecular weight excluding hydrogens is 228 g/mol. The van der Waals surface area contributed by atoms with E-state index in [1.807, 2.05) is 0 Å². The molecule has 18 heavy (non-hydrogen) atoms. The molecule has 0 bridgehead atoms. The van der Waals surface area contributed by atoms with Crippen molar-refractivity contribution < 1.29 is 14.7 Å². The van der Waals surface area contributed by atoms with Crippen LogP contribution in [-0.2, 0) is 0 Å². The van der Waals surface area contributed by atoms with Crippen molar-refractivity contribution in [1.29, 1.82) is 0 Å². The van der Waals surface area contributed by atoms with Gasteiger partial charge in [-0.2, -0.15) is 0 Å². The molecule has 0 amide bonds. The molecule has 1 aromatic rings. The predicted molar refractivity (Wildman–Crippen MR) is 68.8 cm³/mol. The van der Waals surface area contributed by atoms with E-state index in [0.29, 0.717) is 24.0 Å². The monoisotopic (exact) mass is 246 g/mol. The zero-order valence-electron chi connectivity index (χ0n) is 10.6. The molecule has 0 atom stereocenters. The lowest BCUT2D eigenvalue weighted by atomic mass is 9.79. The maximum absolute atomic E-state index is 12.3. The number of aliphatic hydroxyl groups is 1. The van der Waals surface area contributed by atoms with Crippen molar-refractivity contribution in [3.8, 4) is 0 Å². The Balaban J connectivity index is 2.20. The molecule has 0 spiro atoms. The lowest BCUT2D eigenvalue weighted by Crippen LogP contribution is -2.40. The first-order chi connectivity index (χ1) is 8.53. The van der Waals surface area contributed by atoms with Gasteiger partial charge >= 0.3 is 0 Å². The van der Waals surface area contributed by atoms with Crippen LogP contribution in [0.5, 0.6) is 0 Å². The van der Waals surface area contributed by atoms with Crippen molar-refractivity contribution >= 4 is 11.6 Å². The van der Waals surface area contributed by atoms with Crippen LogP contribution in [0.15, 0.2) is 24.3 Å². The summed E-state index contributed by atoms with van der Waals surface area (Å²) in [4.78, 5) is 23.4. The summed E-state index contributed by atoms with van der Waals surface area (Å²) in [6, 6.07) is 6.54. The van der Waals surface area contributed by atoms with Crippen molar-refractivity contribution in [2.24, 2.45) is 0 Å². The van der Waals surface area contributed by atoms with Gasteiger partial charge in [-0.15, -0.1) is 0 Å². The summed E-state index contributed by atoms with van der Waals surface area (Å²) in [7, 11) is 0. The van der Waals surface area contributed by atoms with Crippen molar-refractivity contribution in [2.75, 3.05) is 0 Å². The standard InChI is InChI=1S/C15H18O3/c1-11(16)12-5-7-13(8-6-12)14(17)15(18)9-3-2-4-10-15/h5-8,18H,2-4,9-10H2,1H3. The summed E-state index contributed by atoms with van der Waals surface area (Å²) in [5, 5.41) is 10.4. The average molecular weight is 246 g/mol. The number of hydrogen-bond acceptors (Lipinski definition) is 3. The Bertz CT molecular complexity index is 453. The molecule has 0 saturated heterocycles. The van der Waals surface area contributed by atoms with Crippen molar-refractivity contribution in [2.45, 2.75) is 44.6 Å². The number of benzene rings is 1. The summed E-state index contributed by atoms with van der Waals surface area (Å²) in [5.41, 5.74) is -0.123. The van der Waals surface area contributed by atoms with Crippen molar-refractivity contribution in [3.63, 3.8) is 0 Å². The van der Waals surface area contributed by atoms with Crippen LogP contribution >= 0.6 is 0 Å². The predicted octanol–water partition coefficient (Wildman–Crippen LogP) is 2.77. The Hall–Kier alpha value is -1.48. The van der Waals surface area contributed by atoms with E-state index in [1.165, 1.54) is 6.92 Å². The molecule has 96 valence electrons. The van der Waals surface area contributed by atoms with E-state index in [1.54, 1.807) is 24.3 Å². The van der Waals surface area contributed by atoms with E-state index in [-0.39, 0.29) is 11.6 Å². The van der Waals surface area contributed by atoms with Gasteiger partial charge in [-0.3, -0.25) is 9.59 Å². The molecular formula is C15H18O3. The summed E-state index contributed by atoms with van der Waals surface area (Å²) >= 11 is 0. The van der Waals surface area contributed by atoms with E-state index >= 15 is 0 Å². The van der Waals surface area contributed by atoms with Gasteiger partial charge < -0.3 is 5.11 Å². The first kappa shape index (κ1) is 13.0.